The summed E-state index contributed by atoms with van der Waals surface area (Å²) in [5, 5.41) is 9.64. The second kappa shape index (κ2) is 8.41. The number of aromatic hydroxyl groups is 1. The molecule has 0 aliphatic rings. The number of phenolic OH excluding ortho intramolecular Hbond substituents is 1. The highest BCUT2D eigenvalue weighted by molar-refractivity contribution is 5.83. The third-order valence-electron chi connectivity index (χ3n) is 3.30. The van der Waals surface area contributed by atoms with Crippen molar-refractivity contribution in [1.82, 2.24) is 0 Å². The average Bonchev–Trinajstić information content (AvgIpc) is 2.43. The van der Waals surface area contributed by atoms with Crippen LogP contribution >= 0.6 is 0 Å². The predicted molar refractivity (Wildman–Crippen MR) is 80.8 cm³/mol. The Morgan fingerprint density at radius 3 is 2.65 bits per heavy atom. The normalized spacial score (nSPS) is 13.1. The molecule has 0 bridgehead atoms. The Kier molecular flexibility index (Phi) is 6.85. The molecular weight excluding hydrogens is 252 g/mol. The first kappa shape index (κ1) is 16.3. The van der Waals surface area contributed by atoms with Gasteiger partial charge >= 0.3 is 5.97 Å². The number of ether oxygens (including phenoxy) is 1. The molecule has 3 nitrogen and oxygen atoms in total. The zero-order chi connectivity index (χ0) is 15.0. The number of carbonyl (C=O) groups is 1. The van der Waals surface area contributed by atoms with Gasteiger partial charge in [0.2, 0.25) is 0 Å². The smallest absolute Gasteiger partial charge is 0.330 e. The Balaban J connectivity index is 3.06. The Morgan fingerprint density at radius 1 is 1.35 bits per heavy atom. The first-order chi connectivity index (χ1) is 9.62. The van der Waals surface area contributed by atoms with Crippen LogP contribution in [0.1, 0.15) is 51.5 Å². The number of rotatable bonds is 7. The fourth-order valence-electron chi connectivity index (χ4n) is 2.38. The van der Waals surface area contributed by atoms with Crippen molar-refractivity contribution in [2.75, 3.05) is 6.61 Å². The van der Waals surface area contributed by atoms with Gasteiger partial charge in [-0.3, -0.25) is 0 Å². The molecule has 3 heteroatoms. The molecule has 0 aliphatic carbocycles. The summed E-state index contributed by atoms with van der Waals surface area (Å²) in [5.74, 6) is 0.127. The van der Waals surface area contributed by atoms with E-state index in [1.165, 1.54) is 0 Å². The summed E-state index contributed by atoms with van der Waals surface area (Å²) in [5.41, 5.74) is 2.10. The van der Waals surface area contributed by atoms with E-state index in [0.717, 1.165) is 30.4 Å². The molecule has 0 saturated carbocycles. The zero-order valence-electron chi connectivity index (χ0n) is 12.6. The maximum atomic E-state index is 11.7. The highest BCUT2D eigenvalue weighted by Crippen LogP contribution is 2.32. The van der Waals surface area contributed by atoms with Crippen LogP contribution in [0.5, 0.6) is 5.75 Å². The molecule has 0 heterocycles. The zero-order valence-corrected chi connectivity index (χ0v) is 12.6. The van der Waals surface area contributed by atoms with Crippen LogP contribution in [0.4, 0.5) is 0 Å². The molecule has 0 aliphatic heterocycles. The summed E-state index contributed by atoms with van der Waals surface area (Å²) >= 11 is 0. The summed E-state index contributed by atoms with van der Waals surface area (Å²) in [4.78, 5) is 11.7. The number of carbonyl (C=O) groups excluding carboxylic acids is 1. The van der Waals surface area contributed by atoms with Gasteiger partial charge in [-0.25, -0.2) is 4.79 Å². The fraction of sp³-hybridized carbons (Fsp3) is 0.471. The van der Waals surface area contributed by atoms with E-state index < -0.39 is 0 Å². The van der Waals surface area contributed by atoms with E-state index in [4.69, 9.17) is 4.74 Å². The number of hydrogen-bond acceptors (Lipinski definition) is 3. The van der Waals surface area contributed by atoms with E-state index in [-0.39, 0.29) is 17.6 Å². The van der Waals surface area contributed by atoms with Gasteiger partial charge in [-0.1, -0.05) is 38.0 Å². The summed E-state index contributed by atoms with van der Waals surface area (Å²) < 4.78 is 5.00. The molecule has 110 valence electrons. The van der Waals surface area contributed by atoms with Crippen molar-refractivity contribution in [2.45, 2.75) is 46.0 Å². The Bertz CT molecular complexity index is 463. The summed E-state index contributed by atoms with van der Waals surface area (Å²) in [6.07, 6.45) is 4.36. The second-order valence-corrected chi connectivity index (χ2v) is 4.76. The second-order valence-electron chi connectivity index (χ2n) is 4.76. The molecule has 0 amide bonds. The lowest BCUT2D eigenvalue weighted by molar-refractivity contribution is -0.137. The molecule has 0 aromatic heterocycles. The summed E-state index contributed by atoms with van der Waals surface area (Å²) in [7, 11) is 0. The monoisotopic (exact) mass is 276 g/mol. The van der Waals surface area contributed by atoms with Gasteiger partial charge in [-0.05, 0) is 37.5 Å². The molecule has 1 aromatic carbocycles. The van der Waals surface area contributed by atoms with Gasteiger partial charge in [0.15, 0.2) is 0 Å². The Hall–Kier alpha value is -1.77. The van der Waals surface area contributed by atoms with Crippen LogP contribution in [-0.4, -0.2) is 17.7 Å². The van der Waals surface area contributed by atoms with Crippen molar-refractivity contribution in [3.63, 3.8) is 0 Å². The van der Waals surface area contributed by atoms with Crippen molar-refractivity contribution < 1.29 is 14.6 Å². The maximum Gasteiger partial charge on any atom is 0.330 e. The minimum Gasteiger partial charge on any atom is -0.508 e. The van der Waals surface area contributed by atoms with Crippen molar-refractivity contribution in [3.05, 3.63) is 41.5 Å². The SMILES string of the molecule is CCCC(/C(=C/C(=O)OCC)CC)c1cccc(O)c1. The standard InChI is InChI=1S/C17H24O3/c1-4-8-16(14-9-7-10-15(18)11-14)13(5-2)12-17(19)20-6-3/h7,9-12,16,18H,4-6,8H2,1-3H3/b13-12+. The van der Waals surface area contributed by atoms with Gasteiger partial charge in [0.05, 0.1) is 6.61 Å². The van der Waals surface area contributed by atoms with Crippen LogP contribution in [-0.2, 0) is 9.53 Å². The minimum atomic E-state index is -0.286. The van der Waals surface area contributed by atoms with E-state index in [1.54, 1.807) is 25.1 Å². The number of esters is 1. The molecule has 0 spiro atoms. The van der Waals surface area contributed by atoms with Crippen molar-refractivity contribution in [1.29, 1.82) is 0 Å². The van der Waals surface area contributed by atoms with Crippen LogP contribution in [0.25, 0.3) is 0 Å². The first-order valence-electron chi connectivity index (χ1n) is 7.28. The third-order valence-corrected chi connectivity index (χ3v) is 3.30. The van der Waals surface area contributed by atoms with Gasteiger partial charge in [0.1, 0.15) is 5.75 Å². The number of benzene rings is 1. The Morgan fingerprint density at radius 2 is 2.10 bits per heavy atom. The van der Waals surface area contributed by atoms with E-state index in [0.29, 0.717) is 6.61 Å². The highest BCUT2D eigenvalue weighted by atomic mass is 16.5. The number of hydrogen-bond donors (Lipinski definition) is 1. The molecule has 1 unspecified atom stereocenters. The van der Waals surface area contributed by atoms with Crippen molar-refractivity contribution in [2.24, 2.45) is 0 Å². The highest BCUT2D eigenvalue weighted by Gasteiger charge is 2.16. The molecule has 1 atom stereocenters. The first-order valence-corrected chi connectivity index (χ1v) is 7.28. The lowest BCUT2D eigenvalue weighted by Crippen LogP contribution is -2.07. The van der Waals surface area contributed by atoms with Gasteiger partial charge in [-0.2, -0.15) is 0 Å². The molecule has 0 radical (unpaired) electrons. The van der Waals surface area contributed by atoms with Crippen molar-refractivity contribution >= 4 is 5.97 Å². The van der Waals surface area contributed by atoms with Gasteiger partial charge in [0, 0.05) is 12.0 Å². The third kappa shape index (κ3) is 4.72. The van der Waals surface area contributed by atoms with Crippen LogP contribution < -0.4 is 0 Å². The fourth-order valence-corrected chi connectivity index (χ4v) is 2.38. The summed E-state index contributed by atoms with van der Waals surface area (Å²) in [6.45, 7) is 6.34. The average molecular weight is 276 g/mol. The number of phenols is 1. The lowest BCUT2D eigenvalue weighted by Gasteiger charge is -2.20. The van der Waals surface area contributed by atoms with E-state index in [2.05, 4.69) is 6.92 Å². The van der Waals surface area contributed by atoms with Crippen LogP contribution in [0.3, 0.4) is 0 Å². The molecule has 1 aromatic rings. The maximum absolute atomic E-state index is 11.7. The van der Waals surface area contributed by atoms with Crippen LogP contribution in [0.2, 0.25) is 0 Å². The molecule has 20 heavy (non-hydrogen) atoms. The van der Waals surface area contributed by atoms with Gasteiger partial charge in [-0.15, -0.1) is 0 Å². The minimum absolute atomic E-state index is 0.154. The molecule has 0 fully saturated rings. The van der Waals surface area contributed by atoms with Gasteiger partial charge < -0.3 is 9.84 Å². The van der Waals surface area contributed by atoms with E-state index in [9.17, 15) is 9.90 Å². The molecule has 1 rings (SSSR count). The van der Waals surface area contributed by atoms with Crippen LogP contribution in [0, 0.1) is 0 Å². The van der Waals surface area contributed by atoms with Crippen molar-refractivity contribution in [3.8, 4) is 5.75 Å². The molecule has 0 saturated heterocycles. The van der Waals surface area contributed by atoms with E-state index in [1.807, 2.05) is 19.1 Å². The van der Waals surface area contributed by atoms with E-state index >= 15 is 0 Å². The molecular formula is C17H24O3. The predicted octanol–water partition coefficient (Wildman–Crippen LogP) is 4.18. The lowest BCUT2D eigenvalue weighted by atomic mass is 9.85. The topological polar surface area (TPSA) is 46.5 Å². The van der Waals surface area contributed by atoms with Gasteiger partial charge in [0.25, 0.3) is 0 Å². The Labute approximate surface area is 121 Å². The summed E-state index contributed by atoms with van der Waals surface area (Å²) in [6, 6.07) is 7.27. The molecule has 1 N–H and O–H groups in total. The quantitative estimate of drug-likeness (QED) is 0.600. The van der Waals surface area contributed by atoms with Crippen LogP contribution in [0.15, 0.2) is 35.9 Å². The number of allylic oxidation sites excluding steroid dienone is 1. The largest absolute Gasteiger partial charge is 0.508 e.